The minimum atomic E-state index is -0.944. The van der Waals surface area contributed by atoms with E-state index in [9.17, 15) is 9.59 Å². The topological polar surface area (TPSA) is 43.4 Å². The molecule has 3 heteroatoms. The van der Waals surface area contributed by atoms with E-state index < -0.39 is 5.60 Å². The summed E-state index contributed by atoms with van der Waals surface area (Å²) in [6, 6.07) is 0. The number of hydrogen-bond donors (Lipinski definition) is 0. The van der Waals surface area contributed by atoms with E-state index in [4.69, 9.17) is 4.74 Å². The summed E-state index contributed by atoms with van der Waals surface area (Å²) in [7, 11) is 0. The van der Waals surface area contributed by atoms with E-state index >= 15 is 0 Å². The van der Waals surface area contributed by atoms with Gasteiger partial charge in [-0.25, -0.2) is 0 Å². The first-order valence-electron chi connectivity index (χ1n) is 5.61. The van der Waals surface area contributed by atoms with Crippen LogP contribution < -0.4 is 0 Å². The third-order valence-corrected chi connectivity index (χ3v) is 2.84. The van der Waals surface area contributed by atoms with Crippen LogP contribution in [-0.4, -0.2) is 17.4 Å². The number of carbonyl (C=O) groups excluding carboxylic acids is 2. The predicted octanol–water partition coefficient (Wildman–Crippen LogP) is 2.56. The Morgan fingerprint density at radius 2 is 2.12 bits per heavy atom. The third kappa shape index (κ3) is 2.81. The summed E-state index contributed by atoms with van der Waals surface area (Å²) < 4.78 is 5.34. The second-order valence-electron chi connectivity index (χ2n) is 4.08. The molecule has 1 aliphatic carbocycles. The highest BCUT2D eigenvalue weighted by Crippen LogP contribution is 2.32. The number of ether oxygens (including phenoxy) is 1. The number of hydrogen-bond acceptors (Lipinski definition) is 3. The highest BCUT2D eigenvalue weighted by Gasteiger charge is 2.42. The van der Waals surface area contributed by atoms with Crippen molar-refractivity contribution in [2.24, 2.45) is 0 Å². The molecule has 1 unspecified atom stereocenters. The van der Waals surface area contributed by atoms with Crippen molar-refractivity contribution in [3.05, 3.63) is 25.3 Å². The van der Waals surface area contributed by atoms with Crippen LogP contribution in [-0.2, 0) is 14.3 Å². The normalized spacial score (nSPS) is 24.9. The second kappa shape index (κ2) is 5.64. The fourth-order valence-electron chi connectivity index (χ4n) is 2.04. The SMILES string of the molecule is C=CCC(=O)OC1(CC=C)CCCCC1=O. The maximum absolute atomic E-state index is 11.9. The zero-order valence-electron chi connectivity index (χ0n) is 9.54. The average Bonchev–Trinajstić information content (AvgIpc) is 2.23. The third-order valence-electron chi connectivity index (χ3n) is 2.84. The van der Waals surface area contributed by atoms with Gasteiger partial charge in [-0.3, -0.25) is 9.59 Å². The number of ketones is 1. The molecule has 0 saturated heterocycles. The molecule has 0 aromatic rings. The fraction of sp³-hybridized carbons (Fsp3) is 0.538. The molecule has 16 heavy (non-hydrogen) atoms. The Kier molecular flexibility index (Phi) is 4.47. The van der Waals surface area contributed by atoms with E-state index in [0.717, 1.165) is 12.8 Å². The predicted molar refractivity (Wildman–Crippen MR) is 61.9 cm³/mol. The molecule has 1 rings (SSSR count). The zero-order chi connectivity index (χ0) is 12.0. The molecule has 88 valence electrons. The summed E-state index contributed by atoms with van der Waals surface area (Å²) in [5, 5.41) is 0. The van der Waals surface area contributed by atoms with Crippen LogP contribution >= 0.6 is 0 Å². The van der Waals surface area contributed by atoms with E-state index in [1.807, 2.05) is 0 Å². The van der Waals surface area contributed by atoms with E-state index in [1.54, 1.807) is 6.08 Å². The molecular weight excluding hydrogens is 204 g/mol. The fourth-order valence-corrected chi connectivity index (χ4v) is 2.04. The highest BCUT2D eigenvalue weighted by atomic mass is 16.6. The van der Waals surface area contributed by atoms with E-state index in [2.05, 4.69) is 13.2 Å². The van der Waals surface area contributed by atoms with Gasteiger partial charge in [0, 0.05) is 12.8 Å². The molecule has 0 radical (unpaired) electrons. The van der Waals surface area contributed by atoms with Gasteiger partial charge in [0.2, 0.25) is 0 Å². The highest BCUT2D eigenvalue weighted by molar-refractivity contribution is 5.90. The average molecular weight is 222 g/mol. The number of rotatable bonds is 5. The smallest absolute Gasteiger partial charge is 0.310 e. The second-order valence-corrected chi connectivity index (χ2v) is 4.08. The minimum Gasteiger partial charge on any atom is -0.450 e. The van der Waals surface area contributed by atoms with Crippen molar-refractivity contribution in [2.45, 2.75) is 44.1 Å². The van der Waals surface area contributed by atoms with Gasteiger partial charge in [0.25, 0.3) is 0 Å². The molecule has 1 fully saturated rings. The lowest BCUT2D eigenvalue weighted by Gasteiger charge is -2.34. The van der Waals surface area contributed by atoms with Gasteiger partial charge >= 0.3 is 5.97 Å². The van der Waals surface area contributed by atoms with Crippen LogP contribution in [0.15, 0.2) is 25.3 Å². The van der Waals surface area contributed by atoms with Gasteiger partial charge in [-0.15, -0.1) is 13.2 Å². The van der Waals surface area contributed by atoms with Crippen LogP contribution in [0.3, 0.4) is 0 Å². The molecule has 0 aliphatic heterocycles. The monoisotopic (exact) mass is 222 g/mol. The summed E-state index contributed by atoms with van der Waals surface area (Å²) in [6.07, 6.45) is 6.59. The molecule has 1 aliphatic rings. The first-order valence-corrected chi connectivity index (χ1v) is 5.61. The summed E-state index contributed by atoms with van der Waals surface area (Å²) in [5.74, 6) is -0.358. The number of esters is 1. The van der Waals surface area contributed by atoms with Gasteiger partial charge in [-0.1, -0.05) is 12.2 Å². The molecule has 0 aromatic heterocycles. The Morgan fingerprint density at radius 3 is 2.69 bits per heavy atom. The van der Waals surface area contributed by atoms with Gasteiger partial charge in [-0.2, -0.15) is 0 Å². The van der Waals surface area contributed by atoms with Crippen LogP contribution in [0, 0.1) is 0 Å². The quantitative estimate of drug-likeness (QED) is 0.530. The Morgan fingerprint density at radius 1 is 1.38 bits per heavy atom. The Labute approximate surface area is 96.2 Å². The molecule has 1 atom stereocenters. The zero-order valence-corrected chi connectivity index (χ0v) is 9.54. The van der Waals surface area contributed by atoms with Gasteiger partial charge in [-0.05, 0) is 19.3 Å². The van der Waals surface area contributed by atoms with Gasteiger partial charge < -0.3 is 4.74 Å². The molecule has 0 aromatic carbocycles. The molecule has 3 nitrogen and oxygen atoms in total. The van der Waals surface area contributed by atoms with Gasteiger partial charge in [0.15, 0.2) is 11.4 Å². The Hall–Kier alpha value is -1.38. The van der Waals surface area contributed by atoms with E-state index in [-0.39, 0.29) is 18.2 Å². The van der Waals surface area contributed by atoms with Crippen LogP contribution in [0.2, 0.25) is 0 Å². The molecular formula is C13H18O3. The summed E-state index contributed by atoms with van der Waals surface area (Å²) in [6.45, 7) is 7.10. The van der Waals surface area contributed by atoms with Crippen molar-refractivity contribution >= 4 is 11.8 Å². The summed E-state index contributed by atoms with van der Waals surface area (Å²) in [4.78, 5) is 23.4. The maximum Gasteiger partial charge on any atom is 0.310 e. The first kappa shape index (κ1) is 12.7. The standard InChI is InChI=1S/C13H18O3/c1-3-7-12(15)16-13(9-4-2)10-6-5-8-11(13)14/h3-4H,1-2,5-10H2. The van der Waals surface area contributed by atoms with Crippen molar-refractivity contribution in [1.29, 1.82) is 0 Å². The molecule has 0 N–H and O–H groups in total. The lowest BCUT2D eigenvalue weighted by atomic mass is 9.81. The van der Waals surface area contributed by atoms with E-state index in [1.165, 1.54) is 6.08 Å². The van der Waals surface area contributed by atoms with Crippen LogP contribution in [0.1, 0.15) is 38.5 Å². The van der Waals surface area contributed by atoms with E-state index in [0.29, 0.717) is 19.3 Å². The van der Waals surface area contributed by atoms with Crippen LogP contribution in [0.5, 0.6) is 0 Å². The largest absolute Gasteiger partial charge is 0.450 e. The minimum absolute atomic E-state index is 0.0241. The molecule has 0 amide bonds. The Bertz CT molecular complexity index is 306. The Balaban J connectivity index is 2.77. The first-order chi connectivity index (χ1) is 7.64. The van der Waals surface area contributed by atoms with Crippen molar-refractivity contribution in [3.63, 3.8) is 0 Å². The number of carbonyl (C=O) groups is 2. The van der Waals surface area contributed by atoms with Crippen molar-refractivity contribution in [3.8, 4) is 0 Å². The summed E-state index contributed by atoms with van der Waals surface area (Å²) >= 11 is 0. The van der Waals surface area contributed by atoms with Crippen molar-refractivity contribution < 1.29 is 14.3 Å². The maximum atomic E-state index is 11.9. The van der Waals surface area contributed by atoms with Gasteiger partial charge in [0.05, 0.1) is 6.42 Å². The molecule has 0 spiro atoms. The van der Waals surface area contributed by atoms with Crippen LogP contribution in [0.25, 0.3) is 0 Å². The van der Waals surface area contributed by atoms with Crippen LogP contribution in [0.4, 0.5) is 0 Å². The van der Waals surface area contributed by atoms with Gasteiger partial charge in [0.1, 0.15) is 0 Å². The number of Topliss-reactive ketones (excluding diaryl/α,β-unsaturated/α-hetero) is 1. The van der Waals surface area contributed by atoms with Crippen molar-refractivity contribution in [2.75, 3.05) is 0 Å². The molecule has 1 saturated carbocycles. The lowest BCUT2D eigenvalue weighted by molar-refractivity contribution is -0.169. The summed E-state index contributed by atoms with van der Waals surface area (Å²) in [5.41, 5.74) is -0.944. The molecule has 0 heterocycles. The lowest BCUT2D eigenvalue weighted by Crippen LogP contribution is -2.45. The molecule has 0 bridgehead atoms. The van der Waals surface area contributed by atoms with Crippen molar-refractivity contribution in [1.82, 2.24) is 0 Å².